The van der Waals surface area contributed by atoms with Crippen LogP contribution in [0.2, 0.25) is 0 Å². The highest BCUT2D eigenvalue weighted by Gasteiger charge is 2.24. The number of rotatable bonds is 30. The van der Waals surface area contributed by atoms with Gasteiger partial charge in [0.05, 0.1) is 0 Å². The van der Waals surface area contributed by atoms with E-state index in [1.807, 2.05) is 0 Å². The highest BCUT2D eigenvalue weighted by molar-refractivity contribution is 7.80. The lowest BCUT2D eigenvalue weighted by Crippen LogP contribution is -2.43. The number of nitrogens with one attached hydrogen (secondary N) is 1. The molecule has 0 aromatic carbocycles. The standard InChI is InChI=1S/C40H74N2OS/c1-5-8-11-14-17-20-23-26-31-38(32-27-24-21-18-15-12-9-6-2)39(33-28-25-22-19-16-13-10-7-3)43-40(44)41-34-29-30-37-35-42(4)36-37/h17-22,37-39H,5-16,23-36H2,1-4H3,(H,41,44)/b20-17-,21-18-,22-19-. The van der Waals surface area contributed by atoms with Crippen LogP contribution >= 0.6 is 12.2 Å². The number of allylic oxidation sites excluding steroid dienone is 6. The van der Waals surface area contributed by atoms with Crippen molar-refractivity contribution in [2.45, 2.75) is 175 Å². The molecule has 256 valence electrons. The van der Waals surface area contributed by atoms with Crippen LogP contribution in [0.4, 0.5) is 0 Å². The van der Waals surface area contributed by atoms with E-state index >= 15 is 0 Å². The first-order chi connectivity index (χ1) is 21.6. The Kier molecular flexibility index (Phi) is 28.4. The predicted molar refractivity (Wildman–Crippen MR) is 201 cm³/mol. The van der Waals surface area contributed by atoms with E-state index in [9.17, 15) is 0 Å². The van der Waals surface area contributed by atoms with Gasteiger partial charge in [0, 0.05) is 19.6 Å². The van der Waals surface area contributed by atoms with Crippen molar-refractivity contribution in [1.29, 1.82) is 0 Å². The maximum absolute atomic E-state index is 6.63. The van der Waals surface area contributed by atoms with Crippen LogP contribution in [0, 0.1) is 11.8 Å². The van der Waals surface area contributed by atoms with Gasteiger partial charge in [-0.2, -0.15) is 0 Å². The van der Waals surface area contributed by atoms with Crippen LogP contribution in [-0.4, -0.2) is 42.9 Å². The van der Waals surface area contributed by atoms with Gasteiger partial charge in [-0.05, 0) is 140 Å². The predicted octanol–water partition coefficient (Wildman–Crippen LogP) is 12.1. The van der Waals surface area contributed by atoms with Crippen molar-refractivity contribution < 1.29 is 4.74 Å². The summed E-state index contributed by atoms with van der Waals surface area (Å²) in [7, 11) is 2.21. The Labute approximate surface area is 281 Å². The molecular formula is C40H74N2OS. The van der Waals surface area contributed by atoms with E-state index in [1.165, 1.54) is 148 Å². The molecule has 44 heavy (non-hydrogen) atoms. The van der Waals surface area contributed by atoms with Gasteiger partial charge >= 0.3 is 0 Å². The summed E-state index contributed by atoms with van der Waals surface area (Å²) in [4.78, 5) is 2.40. The topological polar surface area (TPSA) is 24.5 Å². The molecule has 0 radical (unpaired) electrons. The highest BCUT2D eigenvalue weighted by Crippen LogP contribution is 2.27. The molecule has 1 atom stereocenters. The third kappa shape index (κ3) is 24.1. The van der Waals surface area contributed by atoms with Crippen molar-refractivity contribution in [2.24, 2.45) is 11.8 Å². The van der Waals surface area contributed by atoms with Crippen molar-refractivity contribution in [3.8, 4) is 0 Å². The van der Waals surface area contributed by atoms with Crippen molar-refractivity contribution in [2.75, 3.05) is 26.7 Å². The number of ether oxygens (including phenoxy) is 1. The quantitative estimate of drug-likeness (QED) is 0.0485. The minimum atomic E-state index is 0.214. The van der Waals surface area contributed by atoms with Gasteiger partial charge in [0.25, 0.3) is 5.17 Å². The van der Waals surface area contributed by atoms with E-state index in [4.69, 9.17) is 17.0 Å². The number of unbranched alkanes of at least 4 members (excludes halogenated alkanes) is 12. The van der Waals surface area contributed by atoms with Crippen LogP contribution in [-0.2, 0) is 4.74 Å². The van der Waals surface area contributed by atoms with Crippen LogP contribution in [0.5, 0.6) is 0 Å². The molecule has 0 amide bonds. The van der Waals surface area contributed by atoms with Gasteiger partial charge in [0.2, 0.25) is 0 Å². The SMILES string of the molecule is CCCCC/C=C\CCCC(CCC/C=C\CCCCC)C(CCC/C=C\CCCCC)OC(=S)NCCCC1CN(C)C1. The minimum Gasteiger partial charge on any atom is -0.467 e. The van der Waals surface area contributed by atoms with E-state index in [1.54, 1.807) is 0 Å². The molecule has 1 aliphatic rings. The largest absolute Gasteiger partial charge is 0.467 e. The van der Waals surface area contributed by atoms with E-state index < -0.39 is 0 Å². The molecule has 1 heterocycles. The molecule has 1 N–H and O–H groups in total. The van der Waals surface area contributed by atoms with Crippen molar-refractivity contribution in [3.63, 3.8) is 0 Å². The fourth-order valence-corrected chi connectivity index (χ4v) is 6.58. The smallest absolute Gasteiger partial charge is 0.256 e. The summed E-state index contributed by atoms with van der Waals surface area (Å²) >= 11 is 5.78. The summed E-state index contributed by atoms with van der Waals surface area (Å²) in [5.74, 6) is 1.43. The van der Waals surface area contributed by atoms with Gasteiger partial charge < -0.3 is 15.0 Å². The summed E-state index contributed by atoms with van der Waals surface area (Å²) in [6.45, 7) is 10.3. The first-order valence-electron chi connectivity index (χ1n) is 19.2. The zero-order valence-corrected chi connectivity index (χ0v) is 30.7. The Hall–Kier alpha value is -1.13. The molecule has 1 saturated heterocycles. The molecule has 0 aromatic heterocycles. The molecule has 0 aliphatic carbocycles. The second-order valence-electron chi connectivity index (χ2n) is 13.6. The minimum absolute atomic E-state index is 0.214. The number of thiocarbonyl (C=S) groups is 1. The molecule has 0 saturated carbocycles. The monoisotopic (exact) mass is 631 g/mol. The summed E-state index contributed by atoms with van der Waals surface area (Å²) in [6, 6.07) is 0. The van der Waals surface area contributed by atoms with E-state index in [0.29, 0.717) is 11.1 Å². The first-order valence-corrected chi connectivity index (χ1v) is 19.6. The highest BCUT2D eigenvalue weighted by atomic mass is 32.1. The molecule has 1 rings (SSSR count). The second kappa shape index (κ2) is 30.5. The van der Waals surface area contributed by atoms with E-state index in [-0.39, 0.29) is 6.10 Å². The van der Waals surface area contributed by atoms with Crippen LogP contribution in [0.25, 0.3) is 0 Å². The molecule has 0 spiro atoms. The number of hydrogen-bond donors (Lipinski definition) is 1. The summed E-state index contributed by atoms with van der Waals surface area (Å²) in [5.41, 5.74) is 0. The van der Waals surface area contributed by atoms with Gasteiger partial charge in [-0.1, -0.05) is 95.8 Å². The fourth-order valence-electron chi connectivity index (χ4n) is 6.35. The first kappa shape index (κ1) is 40.9. The third-order valence-corrected chi connectivity index (χ3v) is 9.40. The van der Waals surface area contributed by atoms with Gasteiger partial charge in [-0.15, -0.1) is 0 Å². The molecule has 1 fully saturated rings. The molecular weight excluding hydrogens is 557 g/mol. The van der Waals surface area contributed by atoms with Crippen LogP contribution < -0.4 is 5.32 Å². The maximum atomic E-state index is 6.63. The Morgan fingerprint density at radius 1 is 0.659 bits per heavy atom. The van der Waals surface area contributed by atoms with Crippen molar-refractivity contribution >= 4 is 17.4 Å². The van der Waals surface area contributed by atoms with Gasteiger partial charge in [0.1, 0.15) is 6.10 Å². The lowest BCUT2D eigenvalue weighted by molar-refractivity contribution is 0.0951. The lowest BCUT2D eigenvalue weighted by atomic mass is 9.87. The number of nitrogens with zero attached hydrogens (tertiary/aromatic N) is 1. The normalized spacial score (nSPS) is 15.2. The number of likely N-dealkylation sites (tertiary alicyclic amines) is 1. The Morgan fingerprint density at radius 3 is 1.52 bits per heavy atom. The maximum Gasteiger partial charge on any atom is 0.256 e. The Balaban J connectivity index is 2.69. The zero-order valence-electron chi connectivity index (χ0n) is 29.8. The van der Waals surface area contributed by atoms with E-state index in [2.05, 4.69) is 74.5 Å². The second-order valence-corrected chi connectivity index (χ2v) is 13.9. The average Bonchev–Trinajstić information content (AvgIpc) is 3.00. The summed E-state index contributed by atoms with van der Waals surface area (Å²) < 4.78 is 6.63. The number of hydrogen-bond acceptors (Lipinski definition) is 3. The van der Waals surface area contributed by atoms with Gasteiger partial charge in [0.15, 0.2) is 0 Å². The average molecular weight is 631 g/mol. The Morgan fingerprint density at radius 2 is 1.09 bits per heavy atom. The lowest BCUT2D eigenvalue weighted by Gasteiger charge is -2.36. The molecule has 3 nitrogen and oxygen atoms in total. The van der Waals surface area contributed by atoms with E-state index in [0.717, 1.165) is 25.3 Å². The van der Waals surface area contributed by atoms with Crippen LogP contribution in [0.3, 0.4) is 0 Å². The third-order valence-electron chi connectivity index (χ3n) is 9.16. The Bertz CT molecular complexity index is 701. The van der Waals surface area contributed by atoms with Crippen LogP contribution in [0.15, 0.2) is 36.5 Å². The molecule has 0 aromatic rings. The molecule has 1 aliphatic heterocycles. The van der Waals surface area contributed by atoms with Crippen molar-refractivity contribution in [1.82, 2.24) is 10.2 Å². The zero-order chi connectivity index (χ0) is 31.9. The molecule has 0 bridgehead atoms. The van der Waals surface area contributed by atoms with Crippen molar-refractivity contribution in [3.05, 3.63) is 36.5 Å². The fraction of sp³-hybridized carbons (Fsp3) is 0.825. The van der Waals surface area contributed by atoms with Gasteiger partial charge in [-0.25, -0.2) is 0 Å². The van der Waals surface area contributed by atoms with Crippen LogP contribution in [0.1, 0.15) is 168 Å². The molecule has 4 heteroatoms. The molecule has 1 unspecified atom stereocenters. The summed E-state index contributed by atoms with van der Waals surface area (Å²) in [6.07, 6.45) is 43.5. The van der Waals surface area contributed by atoms with Gasteiger partial charge in [-0.3, -0.25) is 0 Å². The summed E-state index contributed by atoms with van der Waals surface area (Å²) in [5, 5.41) is 4.11.